The Bertz CT molecular complexity index is 526. The SMILES string of the molecule is CC[N](C)[Ti]([N](C)C)([N](C)C)([N](C)C)([N](C)C)([N](C)CC)([N](C)CC)[N](C)CC.[Ti]. The third-order valence-corrected chi connectivity index (χ3v) is 46.7. The van der Waals surface area contributed by atoms with E-state index in [1.54, 1.807) is 0 Å². The molecule has 0 aromatic heterocycles. The largest absolute Gasteiger partial charge is 0 e. The summed E-state index contributed by atoms with van der Waals surface area (Å²) >= 11 is -6.58. The summed E-state index contributed by atoms with van der Waals surface area (Å²) in [4.78, 5) is 0. The quantitative estimate of drug-likeness (QED) is 0.371. The fourth-order valence-electron chi connectivity index (χ4n) is 11.6. The molecule has 0 unspecified atom stereocenters. The summed E-state index contributed by atoms with van der Waals surface area (Å²) in [6, 6.07) is 0. The monoisotopic (exact) mass is 504 g/mol. The maximum Gasteiger partial charge on any atom is 0 e. The molecule has 0 aliphatic heterocycles. The van der Waals surface area contributed by atoms with E-state index in [4.69, 9.17) is 0 Å². The van der Waals surface area contributed by atoms with Crippen molar-refractivity contribution in [2.24, 2.45) is 0 Å². The molecule has 0 fully saturated rings. The number of hydrogen-bond acceptors (Lipinski definition) is 8. The minimum atomic E-state index is -6.58. The van der Waals surface area contributed by atoms with E-state index in [0.29, 0.717) is 0 Å². The molecular formula is C20H56N8Ti2. The topological polar surface area (TPSA) is 25.9 Å². The molecule has 0 heterocycles. The van der Waals surface area contributed by atoms with Crippen molar-refractivity contribution < 1.29 is 35.2 Å². The van der Waals surface area contributed by atoms with E-state index in [1.165, 1.54) is 0 Å². The van der Waals surface area contributed by atoms with Crippen LogP contribution < -0.4 is 0 Å². The van der Waals surface area contributed by atoms with Gasteiger partial charge in [-0.2, -0.15) is 0 Å². The minimum absolute atomic E-state index is 0. The maximum atomic E-state index is 2.66. The molecule has 0 amide bonds. The van der Waals surface area contributed by atoms with Crippen molar-refractivity contribution in [1.82, 2.24) is 27.1 Å². The van der Waals surface area contributed by atoms with E-state index in [-0.39, 0.29) is 21.7 Å². The van der Waals surface area contributed by atoms with Gasteiger partial charge in [0.05, 0.1) is 0 Å². The van der Waals surface area contributed by atoms with Gasteiger partial charge in [0, 0.05) is 21.7 Å². The summed E-state index contributed by atoms with van der Waals surface area (Å²) in [5.74, 6) is 0. The predicted molar refractivity (Wildman–Crippen MR) is 128 cm³/mol. The Labute approximate surface area is 199 Å². The van der Waals surface area contributed by atoms with Crippen LogP contribution in [-0.4, -0.2) is 138 Å². The summed E-state index contributed by atoms with van der Waals surface area (Å²) in [5, 5.41) is 0. The molecule has 0 rings (SSSR count). The van der Waals surface area contributed by atoms with Crippen molar-refractivity contribution in [2.75, 3.05) is 111 Å². The fraction of sp³-hybridized carbons (Fsp3) is 1.00. The first kappa shape index (κ1) is 33.3. The van der Waals surface area contributed by atoms with E-state index in [9.17, 15) is 0 Å². The molecule has 0 saturated carbocycles. The van der Waals surface area contributed by atoms with Gasteiger partial charge in [-0.1, -0.05) is 0 Å². The molecule has 0 N–H and O–H groups in total. The molecule has 8 nitrogen and oxygen atoms in total. The normalized spacial score (nSPS) is 18.9. The van der Waals surface area contributed by atoms with Gasteiger partial charge >= 0.3 is 179 Å². The zero-order valence-corrected chi connectivity index (χ0v) is 26.5. The first-order chi connectivity index (χ1) is 13.0. The van der Waals surface area contributed by atoms with E-state index in [0.717, 1.165) is 26.2 Å². The van der Waals surface area contributed by atoms with Crippen LogP contribution >= 0.6 is 0 Å². The number of hydrogen-bond donors (Lipinski definition) is 0. The second-order valence-electron chi connectivity index (χ2n) is 10.4. The summed E-state index contributed by atoms with van der Waals surface area (Å²) in [5.41, 5.74) is 0. The third kappa shape index (κ3) is 1.57. The van der Waals surface area contributed by atoms with E-state index in [2.05, 4.69) is 139 Å². The van der Waals surface area contributed by atoms with Gasteiger partial charge in [0.2, 0.25) is 0 Å². The standard InChI is InChI=1S/4C3H8N.4C2H6N.2Ti/c4*1-3-4-2;4*1-3-2;;/h4*3H2,1-2H3;4*1-2H3;;/q8*-1;;+8. The second kappa shape index (κ2) is 7.82. The van der Waals surface area contributed by atoms with Gasteiger partial charge in [-0.15, -0.1) is 0 Å². The van der Waals surface area contributed by atoms with Gasteiger partial charge in [0.15, 0.2) is 0 Å². The van der Waals surface area contributed by atoms with Crippen LogP contribution in [0.1, 0.15) is 27.7 Å². The maximum absolute atomic E-state index is 6.58. The Hall–Kier alpha value is 1.11. The van der Waals surface area contributed by atoms with Gasteiger partial charge < -0.3 is 0 Å². The van der Waals surface area contributed by atoms with Crippen molar-refractivity contribution in [3.8, 4) is 0 Å². The molecule has 0 aliphatic carbocycles. The van der Waals surface area contributed by atoms with Crippen molar-refractivity contribution in [3.63, 3.8) is 0 Å². The van der Waals surface area contributed by atoms with Gasteiger partial charge in [-0.3, -0.25) is 0 Å². The molecule has 0 aliphatic rings. The molecule has 0 bridgehead atoms. The van der Waals surface area contributed by atoms with Gasteiger partial charge in [-0.25, -0.2) is 0 Å². The zero-order valence-electron chi connectivity index (χ0n) is 23.4. The van der Waals surface area contributed by atoms with Crippen LogP contribution in [0, 0.1) is 0 Å². The van der Waals surface area contributed by atoms with Crippen LogP contribution in [0.4, 0.5) is 0 Å². The van der Waals surface area contributed by atoms with Crippen molar-refractivity contribution in [2.45, 2.75) is 27.7 Å². The van der Waals surface area contributed by atoms with Gasteiger partial charge in [0.1, 0.15) is 0 Å². The Morgan fingerprint density at radius 1 is 0.367 bits per heavy atom. The van der Waals surface area contributed by atoms with Gasteiger partial charge in [0.25, 0.3) is 0 Å². The van der Waals surface area contributed by atoms with E-state index < -0.39 is 13.5 Å². The average molecular weight is 504 g/mol. The Morgan fingerprint density at radius 3 is 0.567 bits per heavy atom. The van der Waals surface area contributed by atoms with Crippen LogP contribution in [0.2, 0.25) is 0 Å². The molecule has 0 spiro atoms. The Morgan fingerprint density at radius 2 is 0.500 bits per heavy atom. The molecular weight excluding hydrogens is 448 g/mol. The fourth-order valence-corrected chi connectivity index (χ4v) is 47.8. The van der Waals surface area contributed by atoms with E-state index in [1.807, 2.05) is 0 Å². The van der Waals surface area contributed by atoms with Crippen molar-refractivity contribution >= 4 is 0 Å². The van der Waals surface area contributed by atoms with Crippen LogP contribution in [0.5, 0.6) is 0 Å². The third-order valence-electron chi connectivity index (χ3n) is 12.3. The van der Waals surface area contributed by atoms with Crippen molar-refractivity contribution in [1.29, 1.82) is 0 Å². The van der Waals surface area contributed by atoms with Crippen LogP contribution in [0.25, 0.3) is 0 Å². The molecule has 30 heavy (non-hydrogen) atoms. The zero-order chi connectivity index (χ0) is 23.8. The van der Waals surface area contributed by atoms with Crippen LogP contribution in [-0.2, 0) is 35.2 Å². The summed E-state index contributed by atoms with van der Waals surface area (Å²) < 4.78 is 20.9. The molecule has 0 radical (unpaired) electrons. The second-order valence-corrected chi connectivity index (χ2v) is 29.5. The molecule has 0 atom stereocenters. The Kier molecular flexibility index (Phi) is 8.68. The van der Waals surface area contributed by atoms with Gasteiger partial charge in [-0.05, 0) is 0 Å². The number of rotatable bonds is 12. The smallest absolute Gasteiger partial charge is 0 e. The molecule has 184 valence electrons. The summed E-state index contributed by atoms with van der Waals surface area (Å²) in [6.07, 6.45) is 0. The summed E-state index contributed by atoms with van der Waals surface area (Å²) in [7, 11) is 27.4. The molecule has 10 heteroatoms. The van der Waals surface area contributed by atoms with E-state index >= 15 is 0 Å². The molecule has 0 aromatic rings. The van der Waals surface area contributed by atoms with Crippen LogP contribution in [0.15, 0.2) is 0 Å². The number of nitrogens with zero attached hydrogens (tertiary/aromatic N) is 8. The first-order valence-electron chi connectivity index (χ1n) is 11.2. The van der Waals surface area contributed by atoms with Crippen molar-refractivity contribution in [3.05, 3.63) is 0 Å². The average Bonchev–Trinajstić information content (AvgIpc) is 2.67. The van der Waals surface area contributed by atoms with Crippen LogP contribution in [0.3, 0.4) is 0 Å². The summed E-state index contributed by atoms with van der Waals surface area (Å²) in [6.45, 7) is 12.5. The minimum Gasteiger partial charge on any atom is 0 e. The first-order valence-corrected chi connectivity index (χ1v) is 16.8. The molecule has 0 saturated heterocycles. The molecule has 0 aromatic carbocycles. The Balaban J connectivity index is 0. The predicted octanol–water partition coefficient (Wildman–Crippen LogP) is 1.65.